The second-order valence-corrected chi connectivity index (χ2v) is 14.3. The second kappa shape index (κ2) is 30.7. The summed E-state index contributed by atoms with van der Waals surface area (Å²) in [5.74, 6) is -0.859. The molecule has 48 heavy (non-hydrogen) atoms. The van der Waals surface area contributed by atoms with Crippen molar-refractivity contribution in [2.24, 2.45) is 0 Å². The Kier molecular flexibility index (Phi) is 29.3. The Morgan fingerprint density at radius 1 is 0.667 bits per heavy atom. The van der Waals surface area contributed by atoms with Crippen molar-refractivity contribution in [3.63, 3.8) is 0 Å². The van der Waals surface area contributed by atoms with E-state index in [9.17, 15) is 19.0 Å². The van der Waals surface area contributed by atoms with Crippen LogP contribution in [0.5, 0.6) is 0 Å². The highest BCUT2D eigenvalue weighted by Crippen LogP contribution is 2.43. The molecule has 0 aliphatic rings. The maximum Gasteiger partial charge on any atom is 0.472 e. The molecule has 0 aromatic heterocycles. The monoisotopic (exact) mass is 696 g/mol. The Morgan fingerprint density at radius 2 is 1.19 bits per heavy atom. The number of quaternary nitrogens is 1. The highest BCUT2D eigenvalue weighted by Gasteiger charge is 2.27. The zero-order valence-corrected chi connectivity index (χ0v) is 31.6. The van der Waals surface area contributed by atoms with Gasteiger partial charge in [-0.3, -0.25) is 18.6 Å². The molecule has 0 saturated carbocycles. The number of phosphoric ester groups is 1. The van der Waals surface area contributed by atoms with Crippen molar-refractivity contribution in [1.82, 2.24) is 0 Å². The number of ether oxygens (including phenoxy) is 2. The first-order chi connectivity index (χ1) is 23.0. The molecule has 0 aliphatic carbocycles. The molecule has 2 unspecified atom stereocenters. The normalized spacial score (nSPS) is 14.5. The number of carbonyl (C=O) groups is 2. The lowest BCUT2D eigenvalue weighted by Gasteiger charge is -2.24. The van der Waals surface area contributed by atoms with E-state index in [2.05, 4.69) is 74.6 Å². The lowest BCUT2D eigenvalue weighted by atomic mass is 10.1. The first kappa shape index (κ1) is 45.7. The molecular weight excluding hydrogens is 629 g/mol. The first-order valence-corrected chi connectivity index (χ1v) is 19.5. The molecule has 0 amide bonds. The van der Waals surface area contributed by atoms with Crippen molar-refractivity contribution in [3.8, 4) is 0 Å². The molecule has 0 fully saturated rings. The van der Waals surface area contributed by atoms with E-state index in [4.69, 9.17) is 18.5 Å². The highest BCUT2D eigenvalue weighted by atomic mass is 31.2. The van der Waals surface area contributed by atoms with Crippen molar-refractivity contribution in [2.45, 2.75) is 123 Å². The van der Waals surface area contributed by atoms with Crippen LogP contribution < -0.4 is 0 Å². The third kappa shape index (κ3) is 33.6. The fourth-order valence-electron chi connectivity index (χ4n) is 4.21. The number of allylic oxidation sites excluding steroid dienone is 10. The number of hydrogen-bond acceptors (Lipinski definition) is 7. The summed E-state index contributed by atoms with van der Waals surface area (Å²) in [5.41, 5.74) is 0. The molecule has 9 nitrogen and oxygen atoms in total. The summed E-state index contributed by atoms with van der Waals surface area (Å²) >= 11 is 0. The molecule has 0 rings (SSSR count). The van der Waals surface area contributed by atoms with E-state index in [-0.39, 0.29) is 26.1 Å². The topological polar surface area (TPSA) is 108 Å². The van der Waals surface area contributed by atoms with Gasteiger partial charge in [-0.25, -0.2) is 4.57 Å². The molecule has 0 aliphatic heterocycles. The molecule has 10 heteroatoms. The van der Waals surface area contributed by atoms with Gasteiger partial charge in [-0.2, -0.15) is 0 Å². The van der Waals surface area contributed by atoms with Crippen LogP contribution in [0.4, 0.5) is 0 Å². The van der Waals surface area contributed by atoms with Crippen LogP contribution in [0.15, 0.2) is 60.8 Å². The molecular formula is C38H67NO8P+. The Morgan fingerprint density at radius 3 is 1.75 bits per heavy atom. The summed E-state index contributed by atoms with van der Waals surface area (Å²) in [6.07, 6.45) is 34.6. The van der Waals surface area contributed by atoms with Gasteiger partial charge in [0.05, 0.1) is 27.7 Å². The quantitative estimate of drug-likeness (QED) is 0.0251. The molecule has 0 saturated heterocycles. The second-order valence-electron chi connectivity index (χ2n) is 12.9. The minimum absolute atomic E-state index is 0.0222. The van der Waals surface area contributed by atoms with E-state index in [0.29, 0.717) is 17.4 Å². The zero-order chi connectivity index (χ0) is 35.8. The minimum atomic E-state index is -4.37. The summed E-state index contributed by atoms with van der Waals surface area (Å²) in [6.45, 7) is 4.13. The van der Waals surface area contributed by atoms with E-state index >= 15 is 0 Å². The fourth-order valence-corrected chi connectivity index (χ4v) is 4.96. The van der Waals surface area contributed by atoms with E-state index in [0.717, 1.165) is 83.5 Å². The Hall–Kier alpha value is -2.29. The highest BCUT2D eigenvalue weighted by molar-refractivity contribution is 7.47. The standard InChI is InChI=1S/C38H66NO8P/c1-6-8-10-12-13-14-15-16-17-18-19-20-21-22-23-24-25-27-29-31-38(41)47-36(34-44-37(40)30-28-26-11-9-7-2)35-46-48(42,43)45-33-32-39(3,4)5/h8,10,13-14,16-17,19-20,22-23,36H,6-7,9,11-12,15,18,21,24-35H2,1-5H3/p+1/b10-8-,14-13-,17-16-,20-19-,23-22-. The fraction of sp³-hybridized carbons (Fsp3) is 0.684. The number of hydrogen-bond donors (Lipinski definition) is 1. The smallest absolute Gasteiger partial charge is 0.462 e. The molecule has 276 valence electrons. The Labute approximate surface area is 292 Å². The molecule has 0 radical (unpaired) electrons. The number of rotatable bonds is 31. The molecule has 0 bridgehead atoms. The number of likely N-dealkylation sites (N-methyl/N-ethyl adjacent to an activating group) is 1. The summed E-state index contributed by atoms with van der Waals surface area (Å²) in [7, 11) is 1.44. The average molecular weight is 697 g/mol. The van der Waals surface area contributed by atoms with Crippen molar-refractivity contribution in [2.75, 3.05) is 47.5 Å². The van der Waals surface area contributed by atoms with Crippen molar-refractivity contribution in [3.05, 3.63) is 60.8 Å². The summed E-state index contributed by atoms with van der Waals surface area (Å²) in [6, 6.07) is 0. The van der Waals surface area contributed by atoms with Crippen LogP contribution in [-0.2, 0) is 32.7 Å². The van der Waals surface area contributed by atoms with Gasteiger partial charge in [0.2, 0.25) is 0 Å². The number of unbranched alkanes of at least 4 members (excludes halogenated alkanes) is 7. The van der Waals surface area contributed by atoms with Crippen LogP contribution >= 0.6 is 7.82 Å². The van der Waals surface area contributed by atoms with Gasteiger partial charge in [-0.1, -0.05) is 107 Å². The van der Waals surface area contributed by atoms with Crippen LogP contribution in [0.1, 0.15) is 117 Å². The Bertz CT molecular complexity index is 1010. The summed E-state index contributed by atoms with van der Waals surface area (Å²) in [4.78, 5) is 34.8. The maximum absolute atomic E-state index is 12.5. The van der Waals surface area contributed by atoms with E-state index in [1.165, 1.54) is 0 Å². The molecule has 0 aromatic rings. The summed E-state index contributed by atoms with van der Waals surface area (Å²) < 4.78 is 33.9. The largest absolute Gasteiger partial charge is 0.472 e. The molecule has 0 spiro atoms. The van der Waals surface area contributed by atoms with Crippen molar-refractivity contribution >= 4 is 19.8 Å². The van der Waals surface area contributed by atoms with Gasteiger partial charge in [0, 0.05) is 12.8 Å². The van der Waals surface area contributed by atoms with Gasteiger partial charge in [-0.15, -0.1) is 0 Å². The van der Waals surface area contributed by atoms with Crippen LogP contribution in [0.25, 0.3) is 0 Å². The van der Waals surface area contributed by atoms with Crippen molar-refractivity contribution in [1.29, 1.82) is 0 Å². The number of carbonyl (C=O) groups excluding carboxylic acids is 2. The zero-order valence-electron chi connectivity index (χ0n) is 30.7. The number of esters is 2. The van der Waals surface area contributed by atoms with Gasteiger partial charge in [0.25, 0.3) is 0 Å². The summed E-state index contributed by atoms with van der Waals surface area (Å²) in [5, 5.41) is 0. The SMILES string of the molecule is CC/C=C\C/C=C\C/C=C\C/C=C\C/C=C\CCCCCC(=O)OC(COC(=O)CCCCCCC)COP(=O)(O)OCC[N+](C)(C)C. The maximum atomic E-state index is 12.5. The third-order valence-corrected chi connectivity index (χ3v) is 8.05. The van der Waals surface area contributed by atoms with Crippen LogP contribution in [-0.4, -0.2) is 74.9 Å². The third-order valence-electron chi connectivity index (χ3n) is 7.06. The van der Waals surface area contributed by atoms with Gasteiger partial charge in [0.1, 0.15) is 19.8 Å². The van der Waals surface area contributed by atoms with Crippen LogP contribution in [0.3, 0.4) is 0 Å². The predicted molar refractivity (Wildman–Crippen MR) is 196 cm³/mol. The molecule has 0 aromatic carbocycles. The van der Waals surface area contributed by atoms with E-state index < -0.39 is 32.5 Å². The van der Waals surface area contributed by atoms with Crippen LogP contribution in [0.2, 0.25) is 0 Å². The van der Waals surface area contributed by atoms with Gasteiger partial charge in [-0.05, 0) is 57.8 Å². The molecule has 1 N–H and O–H groups in total. The minimum Gasteiger partial charge on any atom is -0.462 e. The number of nitrogens with zero attached hydrogens (tertiary/aromatic N) is 1. The Balaban J connectivity index is 4.42. The molecule has 0 heterocycles. The van der Waals surface area contributed by atoms with E-state index in [1.54, 1.807) is 0 Å². The lowest BCUT2D eigenvalue weighted by molar-refractivity contribution is -0.870. The van der Waals surface area contributed by atoms with Crippen LogP contribution in [0, 0.1) is 0 Å². The van der Waals surface area contributed by atoms with Gasteiger partial charge < -0.3 is 18.9 Å². The lowest BCUT2D eigenvalue weighted by Crippen LogP contribution is -2.37. The molecule has 2 atom stereocenters. The van der Waals surface area contributed by atoms with E-state index in [1.807, 2.05) is 21.1 Å². The predicted octanol–water partition coefficient (Wildman–Crippen LogP) is 9.34. The van der Waals surface area contributed by atoms with Gasteiger partial charge in [0.15, 0.2) is 6.10 Å². The van der Waals surface area contributed by atoms with Crippen molar-refractivity contribution < 1.29 is 42.1 Å². The van der Waals surface area contributed by atoms with Gasteiger partial charge >= 0.3 is 19.8 Å². The number of phosphoric acid groups is 1. The first-order valence-electron chi connectivity index (χ1n) is 18.0. The average Bonchev–Trinajstić information content (AvgIpc) is 3.02.